The largest absolute Gasteiger partial charge is 0.376 e. The van der Waals surface area contributed by atoms with Crippen LogP contribution in [0.5, 0.6) is 0 Å². The average Bonchev–Trinajstić information content (AvgIpc) is 2.48. The van der Waals surface area contributed by atoms with E-state index in [4.69, 9.17) is 18.9 Å². The van der Waals surface area contributed by atoms with Gasteiger partial charge < -0.3 is 18.9 Å². The van der Waals surface area contributed by atoms with E-state index in [0.717, 1.165) is 52.0 Å². The molecule has 0 N–H and O–H groups in total. The zero-order chi connectivity index (χ0) is 20.6. The fraction of sp³-hybridized carbons (Fsp3) is 0.913. The second-order valence-electron chi connectivity index (χ2n) is 9.94. The van der Waals surface area contributed by atoms with Gasteiger partial charge >= 0.3 is 0 Å². The minimum Gasteiger partial charge on any atom is -0.376 e. The average molecular weight is 396 g/mol. The summed E-state index contributed by atoms with van der Waals surface area (Å²) in [6.45, 7) is 17.7. The van der Waals surface area contributed by atoms with E-state index in [2.05, 4.69) is 58.3 Å². The molecule has 0 aromatic rings. The van der Waals surface area contributed by atoms with Crippen molar-refractivity contribution >= 4 is 0 Å². The van der Waals surface area contributed by atoms with E-state index in [1.54, 1.807) is 0 Å². The monoisotopic (exact) mass is 395 g/mol. The third kappa shape index (κ3) is 9.24. The van der Waals surface area contributed by atoms with Gasteiger partial charge in [0.15, 0.2) is 0 Å². The summed E-state index contributed by atoms with van der Waals surface area (Å²) in [7, 11) is 0. The molecule has 0 amide bonds. The summed E-state index contributed by atoms with van der Waals surface area (Å²) in [6, 6.07) is 0. The second-order valence-corrected chi connectivity index (χ2v) is 9.94. The molecule has 2 fully saturated rings. The van der Waals surface area contributed by atoms with E-state index in [9.17, 15) is 0 Å². The Morgan fingerprint density at radius 1 is 0.786 bits per heavy atom. The van der Waals surface area contributed by atoms with E-state index < -0.39 is 0 Å². The van der Waals surface area contributed by atoms with Gasteiger partial charge in [-0.15, -0.1) is 0 Å². The maximum atomic E-state index is 5.90. The van der Waals surface area contributed by atoms with Gasteiger partial charge in [-0.05, 0) is 54.4 Å². The van der Waals surface area contributed by atoms with Crippen LogP contribution in [0.3, 0.4) is 0 Å². The highest BCUT2D eigenvalue weighted by molar-refractivity contribution is 5.00. The van der Waals surface area contributed by atoms with Crippen molar-refractivity contribution in [2.75, 3.05) is 39.5 Å². The minimum absolute atomic E-state index is 0.0659. The Bertz CT molecular complexity index is 499. The molecule has 162 valence electrons. The van der Waals surface area contributed by atoms with Gasteiger partial charge in [0.1, 0.15) is 13.2 Å². The minimum atomic E-state index is -0.0659. The first-order chi connectivity index (χ1) is 13.1. The van der Waals surface area contributed by atoms with E-state index in [-0.39, 0.29) is 11.1 Å². The SMILES string of the molecule is CC(C)(C)OC1CC(OCC#CCOCCCCOC2CN(C(C)(C)C)C2)C1. The van der Waals surface area contributed by atoms with Crippen LogP contribution in [0.15, 0.2) is 0 Å². The van der Waals surface area contributed by atoms with Crippen molar-refractivity contribution in [3.63, 3.8) is 0 Å². The summed E-state index contributed by atoms with van der Waals surface area (Å²) in [5.41, 5.74) is 0.199. The lowest BCUT2D eigenvalue weighted by molar-refractivity contribution is -0.144. The third-order valence-electron chi connectivity index (χ3n) is 5.10. The normalized spacial score (nSPS) is 23.6. The van der Waals surface area contributed by atoms with Crippen LogP contribution < -0.4 is 0 Å². The Balaban J connectivity index is 1.33. The van der Waals surface area contributed by atoms with Crippen molar-refractivity contribution in [1.82, 2.24) is 4.90 Å². The maximum Gasteiger partial charge on any atom is 0.108 e. The van der Waals surface area contributed by atoms with Crippen molar-refractivity contribution in [3.05, 3.63) is 0 Å². The molecule has 1 aliphatic heterocycles. The van der Waals surface area contributed by atoms with E-state index in [1.165, 1.54) is 0 Å². The summed E-state index contributed by atoms with van der Waals surface area (Å²) < 4.78 is 23.1. The van der Waals surface area contributed by atoms with Crippen LogP contribution in [0.4, 0.5) is 0 Å². The van der Waals surface area contributed by atoms with Gasteiger partial charge in [-0.1, -0.05) is 11.8 Å². The van der Waals surface area contributed by atoms with Crippen LogP contribution in [-0.2, 0) is 18.9 Å². The van der Waals surface area contributed by atoms with Crippen molar-refractivity contribution in [2.45, 2.75) is 96.7 Å². The lowest BCUT2D eigenvalue weighted by Gasteiger charge is -2.47. The molecule has 2 aliphatic rings. The zero-order valence-electron chi connectivity index (χ0n) is 18.9. The lowest BCUT2D eigenvalue weighted by Crippen LogP contribution is -2.59. The molecule has 1 heterocycles. The van der Waals surface area contributed by atoms with Crippen LogP contribution in [0, 0.1) is 11.8 Å². The van der Waals surface area contributed by atoms with Gasteiger partial charge in [-0.25, -0.2) is 0 Å². The van der Waals surface area contributed by atoms with Crippen molar-refractivity contribution in [2.24, 2.45) is 0 Å². The van der Waals surface area contributed by atoms with Crippen LogP contribution >= 0.6 is 0 Å². The predicted molar refractivity (Wildman–Crippen MR) is 112 cm³/mol. The molecule has 5 nitrogen and oxygen atoms in total. The van der Waals surface area contributed by atoms with Crippen molar-refractivity contribution in [3.8, 4) is 11.8 Å². The van der Waals surface area contributed by atoms with Crippen LogP contribution in [0.25, 0.3) is 0 Å². The molecule has 5 heteroatoms. The summed E-state index contributed by atoms with van der Waals surface area (Å²) in [5, 5.41) is 0. The quantitative estimate of drug-likeness (QED) is 0.417. The van der Waals surface area contributed by atoms with Gasteiger partial charge in [0.2, 0.25) is 0 Å². The van der Waals surface area contributed by atoms with Crippen molar-refractivity contribution < 1.29 is 18.9 Å². The number of ether oxygens (including phenoxy) is 4. The molecular weight excluding hydrogens is 354 g/mol. The highest BCUT2D eigenvalue weighted by Gasteiger charge is 2.35. The molecule has 1 saturated carbocycles. The molecule has 0 bridgehead atoms. The highest BCUT2D eigenvalue weighted by atomic mass is 16.5. The van der Waals surface area contributed by atoms with Gasteiger partial charge in [0, 0.05) is 44.7 Å². The molecule has 2 rings (SSSR count). The predicted octanol–water partition coefficient (Wildman–Crippen LogP) is 3.65. The lowest BCUT2D eigenvalue weighted by atomic mass is 9.91. The second kappa shape index (κ2) is 10.9. The number of likely N-dealkylation sites (tertiary alicyclic amines) is 1. The Morgan fingerprint density at radius 2 is 1.43 bits per heavy atom. The Labute approximate surface area is 172 Å². The molecule has 0 atom stereocenters. The van der Waals surface area contributed by atoms with E-state index >= 15 is 0 Å². The number of hydrogen-bond acceptors (Lipinski definition) is 5. The molecular formula is C23H41NO4. The standard InChI is InChI=1S/C23H41NO4/c1-22(2,3)24-17-21(18-24)27-14-10-8-12-25-11-7-9-13-26-19-15-20(16-19)28-23(4,5)6/h19-21H,8,10-18H2,1-6H3. The molecule has 0 aromatic heterocycles. The van der Waals surface area contributed by atoms with Gasteiger partial charge in [-0.3, -0.25) is 4.90 Å². The molecule has 1 aliphatic carbocycles. The molecule has 0 unspecified atom stereocenters. The van der Waals surface area contributed by atoms with Gasteiger partial charge in [0.05, 0.1) is 23.9 Å². The number of nitrogens with zero attached hydrogens (tertiary/aromatic N) is 1. The van der Waals surface area contributed by atoms with Gasteiger partial charge in [0.25, 0.3) is 0 Å². The van der Waals surface area contributed by atoms with E-state index in [0.29, 0.717) is 31.5 Å². The fourth-order valence-electron chi connectivity index (χ4n) is 3.28. The Morgan fingerprint density at radius 3 is 2.07 bits per heavy atom. The topological polar surface area (TPSA) is 40.2 Å². The molecule has 0 radical (unpaired) electrons. The van der Waals surface area contributed by atoms with Crippen LogP contribution in [0.1, 0.15) is 67.2 Å². The third-order valence-corrected chi connectivity index (χ3v) is 5.10. The molecule has 1 saturated heterocycles. The summed E-state index contributed by atoms with van der Waals surface area (Å²) in [6.07, 6.45) is 5.07. The molecule has 0 aromatic carbocycles. The Kier molecular flexibility index (Phi) is 9.24. The first-order valence-corrected chi connectivity index (χ1v) is 10.8. The Hall–Kier alpha value is -0.640. The molecule has 0 spiro atoms. The first-order valence-electron chi connectivity index (χ1n) is 10.8. The number of hydrogen-bond donors (Lipinski definition) is 0. The number of unbranched alkanes of at least 4 members (excludes halogenated alkanes) is 1. The smallest absolute Gasteiger partial charge is 0.108 e. The van der Waals surface area contributed by atoms with E-state index in [1.807, 2.05) is 0 Å². The fourth-order valence-corrected chi connectivity index (χ4v) is 3.28. The maximum absolute atomic E-state index is 5.90. The summed E-state index contributed by atoms with van der Waals surface area (Å²) in [5.74, 6) is 6.05. The van der Waals surface area contributed by atoms with Crippen LogP contribution in [-0.4, -0.2) is 73.9 Å². The molecule has 28 heavy (non-hydrogen) atoms. The first kappa shape index (κ1) is 23.6. The highest BCUT2D eigenvalue weighted by Crippen LogP contribution is 2.29. The van der Waals surface area contributed by atoms with Crippen molar-refractivity contribution in [1.29, 1.82) is 0 Å². The van der Waals surface area contributed by atoms with Crippen LogP contribution in [0.2, 0.25) is 0 Å². The number of rotatable bonds is 10. The summed E-state index contributed by atoms with van der Waals surface area (Å²) >= 11 is 0. The zero-order valence-corrected chi connectivity index (χ0v) is 18.9. The summed E-state index contributed by atoms with van der Waals surface area (Å²) in [4.78, 5) is 2.45. The van der Waals surface area contributed by atoms with Gasteiger partial charge in [-0.2, -0.15) is 0 Å².